The highest BCUT2D eigenvalue weighted by Gasteiger charge is 2.19. The number of nitrogens with zero attached hydrogens (tertiary/aromatic N) is 1. The van der Waals surface area contributed by atoms with Crippen LogP contribution in [0.25, 0.3) is 0 Å². The van der Waals surface area contributed by atoms with E-state index in [2.05, 4.69) is 10.2 Å². The maximum atomic E-state index is 12.5. The molecule has 0 bridgehead atoms. The van der Waals surface area contributed by atoms with Gasteiger partial charge in [0.15, 0.2) is 0 Å². The number of ether oxygens (including phenoxy) is 1. The Balaban J connectivity index is 2.05. The van der Waals surface area contributed by atoms with Gasteiger partial charge < -0.3 is 20.1 Å². The van der Waals surface area contributed by atoms with Crippen LogP contribution in [0, 0.1) is 5.92 Å². The third kappa shape index (κ3) is 5.53. The minimum absolute atomic E-state index is 0.0624. The highest BCUT2D eigenvalue weighted by atomic mass is 16.5. The number of carboxylic acids is 1. The number of nitrogens with one attached hydrogen (secondary N) is 1. The first-order valence-electron chi connectivity index (χ1n) is 8.41. The van der Waals surface area contributed by atoms with Gasteiger partial charge in [0.1, 0.15) is 0 Å². The molecule has 6 heteroatoms. The van der Waals surface area contributed by atoms with Gasteiger partial charge >= 0.3 is 5.97 Å². The van der Waals surface area contributed by atoms with Crippen molar-refractivity contribution in [3.63, 3.8) is 0 Å². The predicted octanol–water partition coefficient (Wildman–Crippen LogP) is 2.14. The zero-order valence-corrected chi connectivity index (χ0v) is 14.3. The molecule has 1 aliphatic rings. The average Bonchev–Trinajstić information content (AvgIpc) is 2.54. The molecule has 1 saturated heterocycles. The molecule has 2 rings (SSSR count). The number of aliphatic carboxylic acids is 1. The Labute approximate surface area is 142 Å². The fourth-order valence-electron chi connectivity index (χ4n) is 2.91. The molecule has 0 spiro atoms. The number of hydrogen-bond donors (Lipinski definition) is 2. The number of anilines is 1. The van der Waals surface area contributed by atoms with Crippen LogP contribution in [0.15, 0.2) is 24.3 Å². The van der Waals surface area contributed by atoms with Gasteiger partial charge in [-0.3, -0.25) is 9.59 Å². The molecule has 0 saturated carbocycles. The molecule has 1 aromatic carbocycles. The van der Waals surface area contributed by atoms with E-state index >= 15 is 0 Å². The molecule has 1 atom stereocenters. The smallest absolute Gasteiger partial charge is 0.305 e. The second kappa shape index (κ2) is 8.68. The van der Waals surface area contributed by atoms with Crippen molar-refractivity contribution in [2.45, 2.75) is 32.7 Å². The normalized spacial score (nSPS) is 16.0. The Hall–Kier alpha value is -2.08. The second-order valence-electron chi connectivity index (χ2n) is 6.55. The number of rotatable bonds is 7. The van der Waals surface area contributed by atoms with Gasteiger partial charge in [-0.15, -0.1) is 0 Å². The van der Waals surface area contributed by atoms with Gasteiger partial charge in [0.2, 0.25) is 0 Å². The van der Waals surface area contributed by atoms with Crippen LogP contribution in [0.3, 0.4) is 0 Å². The van der Waals surface area contributed by atoms with Gasteiger partial charge in [0, 0.05) is 30.4 Å². The zero-order chi connectivity index (χ0) is 17.5. The van der Waals surface area contributed by atoms with Crippen LogP contribution < -0.4 is 10.2 Å². The lowest BCUT2D eigenvalue weighted by Gasteiger charge is -2.29. The molecule has 1 amide bonds. The van der Waals surface area contributed by atoms with E-state index in [9.17, 15) is 9.59 Å². The number of hydrogen-bond acceptors (Lipinski definition) is 4. The van der Waals surface area contributed by atoms with Gasteiger partial charge in [-0.2, -0.15) is 0 Å². The standard InChI is InChI=1S/C18H26N2O4/c1-13(2)10-15(12-17(21)22)19-18(23)14-4-3-5-16(11-14)20-6-8-24-9-7-20/h3-5,11,13,15H,6-10,12H2,1-2H3,(H,19,23)(H,21,22)/t15-/m0/s1. The fraction of sp³-hybridized carbons (Fsp3) is 0.556. The number of carbonyl (C=O) groups excluding carboxylic acids is 1. The molecular formula is C18H26N2O4. The monoisotopic (exact) mass is 334 g/mol. The largest absolute Gasteiger partial charge is 0.481 e. The number of morpholine rings is 1. The zero-order valence-electron chi connectivity index (χ0n) is 14.3. The van der Waals surface area contributed by atoms with Gasteiger partial charge in [0.05, 0.1) is 19.6 Å². The summed E-state index contributed by atoms with van der Waals surface area (Å²) in [6.45, 7) is 7.01. The topological polar surface area (TPSA) is 78.9 Å². The summed E-state index contributed by atoms with van der Waals surface area (Å²) in [6, 6.07) is 7.08. The van der Waals surface area contributed by atoms with Crippen LogP contribution in [-0.4, -0.2) is 49.3 Å². The Morgan fingerprint density at radius 2 is 2.00 bits per heavy atom. The molecular weight excluding hydrogens is 308 g/mol. The van der Waals surface area contributed by atoms with Gasteiger partial charge in [0.25, 0.3) is 5.91 Å². The first-order valence-corrected chi connectivity index (χ1v) is 8.41. The molecule has 1 aliphatic heterocycles. The SMILES string of the molecule is CC(C)C[C@@H](CC(=O)O)NC(=O)c1cccc(N2CCOCC2)c1. The highest BCUT2D eigenvalue weighted by Crippen LogP contribution is 2.18. The summed E-state index contributed by atoms with van der Waals surface area (Å²) < 4.78 is 5.35. The number of carbonyl (C=O) groups is 2. The molecule has 1 heterocycles. The summed E-state index contributed by atoms with van der Waals surface area (Å²) in [4.78, 5) is 25.7. The van der Waals surface area contributed by atoms with Crippen LogP contribution in [-0.2, 0) is 9.53 Å². The van der Waals surface area contributed by atoms with Crippen LogP contribution in [0.4, 0.5) is 5.69 Å². The third-order valence-electron chi connectivity index (χ3n) is 4.00. The van der Waals surface area contributed by atoms with E-state index in [4.69, 9.17) is 9.84 Å². The first-order chi connectivity index (χ1) is 11.5. The number of carboxylic acid groups (broad SMARTS) is 1. The summed E-state index contributed by atoms with van der Waals surface area (Å²) in [6.07, 6.45) is 0.578. The lowest BCUT2D eigenvalue weighted by Crippen LogP contribution is -2.38. The molecule has 0 aliphatic carbocycles. The van der Waals surface area contributed by atoms with Crippen molar-refractivity contribution < 1.29 is 19.4 Å². The van der Waals surface area contributed by atoms with E-state index in [1.165, 1.54) is 0 Å². The molecule has 0 aromatic heterocycles. The molecule has 1 aromatic rings. The van der Waals surface area contributed by atoms with Crippen LogP contribution in [0.2, 0.25) is 0 Å². The molecule has 6 nitrogen and oxygen atoms in total. The molecule has 1 fully saturated rings. The summed E-state index contributed by atoms with van der Waals surface area (Å²) in [5, 5.41) is 11.9. The van der Waals surface area contributed by atoms with E-state index < -0.39 is 5.97 Å². The van der Waals surface area contributed by atoms with Crippen molar-refractivity contribution in [3.05, 3.63) is 29.8 Å². The molecule has 24 heavy (non-hydrogen) atoms. The quantitative estimate of drug-likeness (QED) is 0.799. The Bertz CT molecular complexity index is 568. The van der Waals surface area contributed by atoms with Crippen molar-refractivity contribution >= 4 is 17.6 Å². The molecule has 132 valence electrons. The lowest BCUT2D eigenvalue weighted by atomic mass is 10.0. The summed E-state index contributed by atoms with van der Waals surface area (Å²) in [5.41, 5.74) is 1.54. The Morgan fingerprint density at radius 3 is 2.62 bits per heavy atom. The van der Waals surface area contributed by atoms with Crippen molar-refractivity contribution in [2.24, 2.45) is 5.92 Å². The maximum Gasteiger partial charge on any atom is 0.305 e. The van der Waals surface area contributed by atoms with Crippen molar-refractivity contribution in [1.29, 1.82) is 0 Å². The third-order valence-corrected chi connectivity index (χ3v) is 4.00. The van der Waals surface area contributed by atoms with E-state index in [0.717, 1.165) is 18.8 Å². The second-order valence-corrected chi connectivity index (χ2v) is 6.55. The van der Waals surface area contributed by atoms with Gasteiger partial charge in [-0.1, -0.05) is 19.9 Å². The predicted molar refractivity (Wildman–Crippen MR) is 92.4 cm³/mol. The molecule has 0 radical (unpaired) electrons. The molecule has 2 N–H and O–H groups in total. The minimum Gasteiger partial charge on any atom is -0.481 e. The average molecular weight is 334 g/mol. The van der Waals surface area contributed by atoms with Gasteiger partial charge in [-0.05, 0) is 30.5 Å². The minimum atomic E-state index is -0.900. The maximum absolute atomic E-state index is 12.5. The van der Waals surface area contributed by atoms with Crippen LogP contribution >= 0.6 is 0 Å². The van der Waals surface area contributed by atoms with Crippen molar-refractivity contribution in [3.8, 4) is 0 Å². The Kier molecular flexibility index (Phi) is 6.61. The number of amides is 1. The summed E-state index contributed by atoms with van der Waals surface area (Å²) in [7, 11) is 0. The summed E-state index contributed by atoms with van der Waals surface area (Å²) >= 11 is 0. The van der Waals surface area contributed by atoms with Crippen molar-refractivity contribution in [1.82, 2.24) is 5.32 Å². The van der Waals surface area contributed by atoms with E-state index in [1.807, 2.05) is 32.0 Å². The van der Waals surface area contributed by atoms with Crippen molar-refractivity contribution in [2.75, 3.05) is 31.2 Å². The van der Waals surface area contributed by atoms with Crippen LogP contribution in [0.1, 0.15) is 37.0 Å². The fourth-order valence-corrected chi connectivity index (χ4v) is 2.91. The number of benzene rings is 1. The molecule has 0 unspecified atom stereocenters. The van der Waals surface area contributed by atoms with E-state index in [0.29, 0.717) is 31.1 Å². The first kappa shape index (κ1) is 18.3. The van der Waals surface area contributed by atoms with E-state index in [-0.39, 0.29) is 18.4 Å². The van der Waals surface area contributed by atoms with Crippen LogP contribution in [0.5, 0.6) is 0 Å². The lowest BCUT2D eigenvalue weighted by molar-refractivity contribution is -0.137. The Morgan fingerprint density at radius 1 is 1.29 bits per heavy atom. The van der Waals surface area contributed by atoms with Gasteiger partial charge in [-0.25, -0.2) is 0 Å². The summed E-state index contributed by atoms with van der Waals surface area (Å²) in [5.74, 6) is -0.811. The highest BCUT2D eigenvalue weighted by molar-refractivity contribution is 5.95. The van der Waals surface area contributed by atoms with E-state index in [1.54, 1.807) is 6.07 Å².